The second-order valence-electron chi connectivity index (χ2n) is 9.10. The van der Waals surface area contributed by atoms with E-state index in [4.69, 9.17) is 15.4 Å². The second kappa shape index (κ2) is 11.6. The Morgan fingerprint density at radius 3 is 2.59 bits per heavy atom. The Morgan fingerprint density at radius 1 is 1.14 bits per heavy atom. The highest BCUT2D eigenvalue weighted by atomic mass is 16.5. The van der Waals surface area contributed by atoms with Gasteiger partial charge in [-0.25, -0.2) is 4.98 Å². The molecule has 0 saturated heterocycles. The zero-order valence-corrected chi connectivity index (χ0v) is 21.2. The zero-order valence-electron chi connectivity index (χ0n) is 21.2. The molecule has 0 fully saturated rings. The van der Waals surface area contributed by atoms with Crippen LogP contribution in [0.4, 0.5) is 17.5 Å². The van der Waals surface area contributed by atoms with Crippen molar-refractivity contribution in [3.05, 3.63) is 77.2 Å². The van der Waals surface area contributed by atoms with Crippen LogP contribution in [0.15, 0.2) is 59.3 Å². The molecule has 1 aliphatic rings. The Hall–Kier alpha value is -4.31. The maximum atomic E-state index is 11.8. The molecular weight excluding hydrogens is 470 g/mol. The lowest BCUT2D eigenvalue weighted by molar-refractivity contribution is -0.130. The van der Waals surface area contributed by atoms with Crippen molar-refractivity contribution >= 4 is 23.4 Å². The molecule has 2 aromatic carbocycles. The molecule has 0 spiro atoms. The number of aliphatic hydroxyl groups excluding tert-OH is 1. The van der Waals surface area contributed by atoms with Crippen molar-refractivity contribution in [1.29, 1.82) is 0 Å². The van der Waals surface area contributed by atoms with E-state index in [2.05, 4.69) is 25.4 Å². The van der Waals surface area contributed by atoms with Crippen LogP contribution in [-0.2, 0) is 24.2 Å². The molecule has 4 N–H and O–H groups in total. The molecule has 0 bridgehead atoms. The molecule has 37 heavy (non-hydrogen) atoms. The van der Waals surface area contributed by atoms with E-state index in [-0.39, 0.29) is 24.2 Å². The molecule has 2 aromatic heterocycles. The number of hydrogen-bond donors (Lipinski definition) is 3. The summed E-state index contributed by atoms with van der Waals surface area (Å²) in [6.45, 7) is 4.78. The summed E-state index contributed by atoms with van der Waals surface area (Å²) in [4.78, 5) is 26.5. The number of amides is 1. The Kier molecular flexibility index (Phi) is 8.09. The number of hydrogen-bond acceptors (Lipinski definition) is 9. The SMILES string of the molecule is CC(C)c1noc(-c2cnc(Nc3ccc4c(c3)CN(C)C(=O)C4)nc2N)n1.OCCc1ccccc1. The predicted molar refractivity (Wildman–Crippen MR) is 141 cm³/mol. The Balaban J connectivity index is 0.000000301. The molecule has 192 valence electrons. The van der Waals surface area contributed by atoms with E-state index in [1.54, 1.807) is 18.1 Å². The molecule has 10 nitrogen and oxygen atoms in total. The fourth-order valence-electron chi connectivity index (χ4n) is 3.77. The van der Waals surface area contributed by atoms with E-state index >= 15 is 0 Å². The predicted octanol–water partition coefficient (Wildman–Crippen LogP) is 3.71. The summed E-state index contributed by atoms with van der Waals surface area (Å²) in [6.07, 6.45) is 2.75. The van der Waals surface area contributed by atoms with Gasteiger partial charge < -0.3 is 25.6 Å². The van der Waals surface area contributed by atoms with Crippen LogP contribution in [0.25, 0.3) is 11.5 Å². The van der Waals surface area contributed by atoms with Crippen molar-refractivity contribution in [3.8, 4) is 11.5 Å². The zero-order chi connectivity index (χ0) is 26.4. The number of carbonyl (C=O) groups excluding carboxylic acids is 1. The van der Waals surface area contributed by atoms with Gasteiger partial charge in [-0.1, -0.05) is 55.4 Å². The average molecular weight is 502 g/mol. The number of nitrogens with two attached hydrogens (primary N) is 1. The first-order valence-corrected chi connectivity index (χ1v) is 12.1. The van der Waals surface area contributed by atoms with Crippen LogP contribution >= 0.6 is 0 Å². The summed E-state index contributed by atoms with van der Waals surface area (Å²) in [5.74, 6) is 1.80. The number of rotatable bonds is 6. The number of aliphatic hydroxyl groups is 1. The summed E-state index contributed by atoms with van der Waals surface area (Å²) in [5.41, 5.74) is 10.7. The van der Waals surface area contributed by atoms with Crippen molar-refractivity contribution in [1.82, 2.24) is 25.0 Å². The quantitative estimate of drug-likeness (QED) is 0.360. The van der Waals surface area contributed by atoms with E-state index in [1.165, 1.54) is 5.56 Å². The number of nitrogen functional groups attached to an aromatic ring is 1. The largest absolute Gasteiger partial charge is 0.396 e. The first-order chi connectivity index (χ1) is 17.8. The van der Waals surface area contributed by atoms with Gasteiger partial charge in [-0.2, -0.15) is 9.97 Å². The number of anilines is 3. The lowest BCUT2D eigenvalue weighted by Gasteiger charge is -2.25. The summed E-state index contributed by atoms with van der Waals surface area (Å²) < 4.78 is 5.26. The van der Waals surface area contributed by atoms with E-state index in [9.17, 15) is 4.79 Å². The van der Waals surface area contributed by atoms with Crippen molar-refractivity contribution in [2.45, 2.75) is 39.2 Å². The Labute approximate surface area is 215 Å². The molecule has 10 heteroatoms. The Morgan fingerprint density at radius 2 is 1.92 bits per heavy atom. The van der Waals surface area contributed by atoms with Crippen LogP contribution in [0.3, 0.4) is 0 Å². The van der Waals surface area contributed by atoms with Crippen LogP contribution in [0.2, 0.25) is 0 Å². The van der Waals surface area contributed by atoms with Gasteiger partial charge in [-0.05, 0) is 35.2 Å². The molecule has 0 aliphatic carbocycles. The molecule has 4 aromatic rings. The van der Waals surface area contributed by atoms with Gasteiger partial charge in [0.25, 0.3) is 5.89 Å². The van der Waals surface area contributed by atoms with Crippen molar-refractivity contribution in [2.24, 2.45) is 0 Å². The molecule has 3 heterocycles. The number of nitrogens with one attached hydrogen (secondary N) is 1. The van der Waals surface area contributed by atoms with Crippen molar-refractivity contribution in [2.75, 3.05) is 24.7 Å². The maximum Gasteiger partial charge on any atom is 0.263 e. The molecule has 1 amide bonds. The standard InChI is InChI=1S/C19H21N7O2.C8H10O/c1-10(2)17-24-18(28-25-17)14-8-21-19(23-16(14)20)22-13-5-4-11-7-15(27)26(3)9-12(11)6-13;9-7-6-8-4-2-1-3-5-8/h4-6,8,10H,7,9H2,1-3H3,(H3,20,21,22,23);1-5,9H,6-7H2. The highest BCUT2D eigenvalue weighted by molar-refractivity contribution is 5.81. The Bertz CT molecular complexity index is 1360. The van der Waals surface area contributed by atoms with Gasteiger partial charge in [0.2, 0.25) is 11.9 Å². The average Bonchev–Trinajstić information content (AvgIpc) is 3.37. The number of fused-ring (bicyclic) bond motifs is 1. The van der Waals surface area contributed by atoms with Crippen molar-refractivity contribution < 1.29 is 14.4 Å². The lowest BCUT2D eigenvalue weighted by atomic mass is 9.99. The topological polar surface area (TPSA) is 143 Å². The first-order valence-electron chi connectivity index (χ1n) is 12.1. The van der Waals surface area contributed by atoms with E-state index < -0.39 is 0 Å². The minimum Gasteiger partial charge on any atom is -0.396 e. The van der Waals surface area contributed by atoms with E-state index in [1.807, 2.05) is 62.4 Å². The second-order valence-corrected chi connectivity index (χ2v) is 9.10. The van der Waals surface area contributed by atoms with Crippen LogP contribution < -0.4 is 11.1 Å². The number of likely N-dealkylation sites (N-methyl/N-ethyl adjacent to an activating group) is 1. The highest BCUT2D eigenvalue weighted by Crippen LogP contribution is 2.27. The van der Waals surface area contributed by atoms with E-state index in [0.29, 0.717) is 36.2 Å². The third kappa shape index (κ3) is 6.47. The molecule has 0 radical (unpaired) electrons. The van der Waals surface area contributed by atoms with Gasteiger partial charge >= 0.3 is 0 Å². The van der Waals surface area contributed by atoms with Gasteiger partial charge in [0.05, 0.1) is 6.42 Å². The van der Waals surface area contributed by atoms with Crippen LogP contribution in [0, 0.1) is 0 Å². The van der Waals surface area contributed by atoms with Gasteiger partial charge in [-0.15, -0.1) is 0 Å². The molecule has 1 aliphatic heterocycles. The third-order valence-electron chi connectivity index (χ3n) is 5.89. The van der Waals surface area contributed by atoms with Crippen LogP contribution in [0.1, 0.15) is 42.3 Å². The normalized spacial score (nSPS) is 12.7. The third-order valence-corrected chi connectivity index (χ3v) is 5.89. The highest BCUT2D eigenvalue weighted by Gasteiger charge is 2.20. The lowest BCUT2D eigenvalue weighted by Crippen LogP contribution is -2.32. The van der Waals surface area contributed by atoms with Gasteiger partial charge in [-0.3, -0.25) is 4.79 Å². The molecule has 0 unspecified atom stereocenters. The summed E-state index contributed by atoms with van der Waals surface area (Å²) in [6, 6.07) is 15.8. The van der Waals surface area contributed by atoms with Crippen LogP contribution in [-0.4, -0.2) is 49.7 Å². The van der Waals surface area contributed by atoms with Gasteiger partial charge in [0.15, 0.2) is 5.82 Å². The van der Waals surface area contributed by atoms with Crippen LogP contribution in [0.5, 0.6) is 0 Å². The van der Waals surface area contributed by atoms with Crippen molar-refractivity contribution in [3.63, 3.8) is 0 Å². The summed E-state index contributed by atoms with van der Waals surface area (Å²) >= 11 is 0. The molecular formula is C27H31N7O3. The summed E-state index contributed by atoms with van der Waals surface area (Å²) in [5, 5.41) is 15.6. The number of benzene rings is 2. The summed E-state index contributed by atoms with van der Waals surface area (Å²) in [7, 11) is 1.80. The number of carbonyl (C=O) groups is 1. The first kappa shape index (κ1) is 25.8. The fourth-order valence-corrected chi connectivity index (χ4v) is 3.77. The van der Waals surface area contributed by atoms with Gasteiger partial charge in [0.1, 0.15) is 11.4 Å². The fraction of sp³-hybridized carbons (Fsp3) is 0.296. The molecule has 0 saturated carbocycles. The smallest absolute Gasteiger partial charge is 0.263 e. The minimum absolute atomic E-state index is 0.126. The maximum absolute atomic E-state index is 11.8. The van der Waals surface area contributed by atoms with E-state index in [0.717, 1.165) is 23.2 Å². The molecule has 5 rings (SSSR count). The monoisotopic (exact) mass is 501 g/mol. The minimum atomic E-state index is 0.126. The molecule has 0 atom stereocenters. The number of nitrogens with zero attached hydrogens (tertiary/aromatic N) is 5. The van der Waals surface area contributed by atoms with Gasteiger partial charge in [0, 0.05) is 38.0 Å². The number of aromatic nitrogens is 4.